The zero-order valence-electron chi connectivity index (χ0n) is 9.74. The average Bonchev–Trinajstić information content (AvgIpc) is 2.64. The summed E-state index contributed by atoms with van der Waals surface area (Å²) in [5.74, 6) is -0.385. The van der Waals surface area contributed by atoms with Crippen molar-refractivity contribution in [2.75, 3.05) is 13.6 Å². The van der Waals surface area contributed by atoms with E-state index in [0.29, 0.717) is 23.6 Å². The van der Waals surface area contributed by atoms with Gasteiger partial charge in [0.25, 0.3) is 5.91 Å². The number of carbonyl (C=O) groups is 2. The van der Waals surface area contributed by atoms with Crippen molar-refractivity contribution in [1.82, 2.24) is 10.2 Å². The lowest BCUT2D eigenvalue weighted by molar-refractivity contribution is -0.128. The molecule has 1 fully saturated rings. The number of rotatable bonds is 2. The molecular weight excluding hydrogens is 320 g/mol. The molecule has 1 aromatic rings. The van der Waals surface area contributed by atoms with E-state index >= 15 is 0 Å². The summed E-state index contributed by atoms with van der Waals surface area (Å²) >= 11 is 9.25. The van der Waals surface area contributed by atoms with Crippen molar-refractivity contribution in [3.8, 4) is 0 Å². The van der Waals surface area contributed by atoms with Crippen LogP contribution in [-0.2, 0) is 4.79 Å². The van der Waals surface area contributed by atoms with Crippen LogP contribution < -0.4 is 5.32 Å². The van der Waals surface area contributed by atoms with Crippen molar-refractivity contribution in [2.45, 2.75) is 12.5 Å². The number of carbonyl (C=O) groups excluding carboxylic acids is 2. The highest BCUT2D eigenvalue weighted by Crippen LogP contribution is 2.21. The minimum Gasteiger partial charge on any atom is -0.344 e. The molecule has 0 radical (unpaired) electrons. The summed E-state index contributed by atoms with van der Waals surface area (Å²) in [4.78, 5) is 25.3. The predicted octanol–water partition coefficient (Wildman–Crippen LogP) is 2.06. The van der Waals surface area contributed by atoms with Crippen molar-refractivity contribution in [1.29, 1.82) is 0 Å². The number of likely N-dealkylation sites (tertiary alicyclic amines) is 1. The fourth-order valence-electron chi connectivity index (χ4n) is 1.86. The van der Waals surface area contributed by atoms with Crippen molar-refractivity contribution in [3.05, 3.63) is 33.3 Å². The third-order valence-corrected chi connectivity index (χ3v) is 3.73. The molecule has 1 heterocycles. The van der Waals surface area contributed by atoms with Crippen molar-refractivity contribution in [2.24, 2.45) is 0 Å². The summed E-state index contributed by atoms with van der Waals surface area (Å²) in [6, 6.07) is 4.59. The van der Waals surface area contributed by atoms with Gasteiger partial charge in [-0.3, -0.25) is 9.59 Å². The number of nitrogens with one attached hydrogen (secondary N) is 1. The highest BCUT2D eigenvalue weighted by Gasteiger charge is 2.30. The molecule has 0 spiro atoms. The summed E-state index contributed by atoms with van der Waals surface area (Å²) in [5.41, 5.74) is 0.369. The second-order valence-electron chi connectivity index (χ2n) is 4.20. The first-order chi connectivity index (χ1) is 8.49. The van der Waals surface area contributed by atoms with Crippen LogP contribution in [0.25, 0.3) is 0 Å². The van der Waals surface area contributed by atoms with E-state index < -0.39 is 6.04 Å². The van der Waals surface area contributed by atoms with Crippen molar-refractivity contribution >= 4 is 39.3 Å². The van der Waals surface area contributed by atoms with Crippen LogP contribution in [-0.4, -0.2) is 36.3 Å². The zero-order chi connectivity index (χ0) is 13.3. The van der Waals surface area contributed by atoms with Crippen LogP contribution in [0.1, 0.15) is 16.8 Å². The molecule has 18 heavy (non-hydrogen) atoms. The number of hydrogen-bond acceptors (Lipinski definition) is 2. The van der Waals surface area contributed by atoms with Gasteiger partial charge in [0.1, 0.15) is 6.04 Å². The average molecular weight is 332 g/mol. The highest BCUT2D eigenvalue weighted by atomic mass is 79.9. The lowest BCUT2D eigenvalue weighted by atomic mass is 10.2. The minimum absolute atomic E-state index is 0.0607. The van der Waals surface area contributed by atoms with Gasteiger partial charge in [0.2, 0.25) is 5.91 Å². The maximum absolute atomic E-state index is 12.0. The van der Waals surface area contributed by atoms with Gasteiger partial charge in [-0.1, -0.05) is 27.5 Å². The standard InChI is InChI=1S/C12H12BrClN2O2/c1-16-5-4-10(12(16)18)15-11(17)8-6-7(13)2-3-9(8)14/h2-3,6,10H,4-5H2,1H3,(H,15,17)/t10-/m1/s1. The summed E-state index contributed by atoms with van der Waals surface area (Å²) in [6.45, 7) is 0.663. The molecule has 2 rings (SSSR count). The first-order valence-electron chi connectivity index (χ1n) is 5.50. The van der Waals surface area contributed by atoms with Crippen molar-refractivity contribution in [3.63, 3.8) is 0 Å². The number of likely N-dealkylation sites (N-methyl/N-ethyl adjacent to an activating group) is 1. The fourth-order valence-corrected chi connectivity index (χ4v) is 2.43. The maximum atomic E-state index is 12.0. The smallest absolute Gasteiger partial charge is 0.253 e. The Kier molecular flexibility index (Phi) is 3.92. The van der Waals surface area contributed by atoms with Crippen LogP contribution in [0.2, 0.25) is 5.02 Å². The number of amides is 2. The third-order valence-electron chi connectivity index (χ3n) is 2.91. The molecule has 0 aliphatic carbocycles. The number of halogens is 2. The summed E-state index contributed by atoms with van der Waals surface area (Å²) in [7, 11) is 1.72. The Balaban J connectivity index is 2.13. The number of benzene rings is 1. The highest BCUT2D eigenvalue weighted by molar-refractivity contribution is 9.10. The summed E-state index contributed by atoms with van der Waals surface area (Å²) in [6.07, 6.45) is 0.632. The maximum Gasteiger partial charge on any atom is 0.253 e. The van der Waals surface area contributed by atoms with Crippen LogP contribution in [0.3, 0.4) is 0 Å². The van der Waals surface area contributed by atoms with E-state index in [9.17, 15) is 9.59 Å². The molecule has 1 N–H and O–H groups in total. The quantitative estimate of drug-likeness (QED) is 0.902. The SMILES string of the molecule is CN1CC[C@@H](NC(=O)c2cc(Br)ccc2Cl)C1=O. The van der Waals surface area contributed by atoms with E-state index in [1.165, 1.54) is 0 Å². The topological polar surface area (TPSA) is 49.4 Å². The Labute approximate surface area is 118 Å². The molecule has 1 atom stereocenters. The van der Waals surface area contributed by atoms with Gasteiger partial charge >= 0.3 is 0 Å². The van der Waals surface area contributed by atoms with E-state index in [4.69, 9.17) is 11.6 Å². The lowest BCUT2D eigenvalue weighted by Gasteiger charge is -2.13. The van der Waals surface area contributed by atoms with Crippen LogP contribution in [0.15, 0.2) is 22.7 Å². The van der Waals surface area contributed by atoms with Crippen LogP contribution in [0.5, 0.6) is 0 Å². The Hall–Kier alpha value is -1.07. The predicted molar refractivity (Wildman–Crippen MR) is 72.7 cm³/mol. The Bertz CT molecular complexity index is 507. The summed E-state index contributed by atoms with van der Waals surface area (Å²) in [5, 5.41) is 3.08. The van der Waals surface area contributed by atoms with Gasteiger partial charge in [0, 0.05) is 18.1 Å². The van der Waals surface area contributed by atoms with E-state index in [-0.39, 0.29) is 11.8 Å². The second kappa shape index (κ2) is 5.28. The first-order valence-corrected chi connectivity index (χ1v) is 6.67. The van der Waals surface area contributed by atoms with E-state index in [2.05, 4.69) is 21.2 Å². The molecular formula is C12H12BrClN2O2. The van der Waals surface area contributed by atoms with E-state index in [1.807, 2.05) is 0 Å². The molecule has 0 bridgehead atoms. The molecule has 96 valence electrons. The summed E-state index contributed by atoms with van der Waals surface area (Å²) < 4.78 is 0.770. The van der Waals surface area contributed by atoms with Gasteiger partial charge in [-0.2, -0.15) is 0 Å². The van der Waals surface area contributed by atoms with Gasteiger partial charge < -0.3 is 10.2 Å². The molecule has 1 aromatic carbocycles. The van der Waals surface area contributed by atoms with Crippen LogP contribution >= 0.6 is 27.5 Å². The Morgan fingerprint density at radius 3 is 2.89 bits per heavy atom. The molecule has 0 unspecified atom stereocenters. The van der Waals surface area contributed by atoms with Crippen LogP contribution in [0, 0.1) is 0 Å². The van der Waals surface area contributed by atoms with Gasteiger partial charge in [-0.05, 0) is 24.6 Å². The van der Waals surface area contributed by atoms with Gasteiger partial charge in [-0.25, -0.2) is 0 Å². The first kappa shape index (κ1) is 13.4. The van der Waals surface area contributed by atoms with E-state index in [0.717, 1.165) is 4.47 Å². The Morgan fingerprint density at radius 2 is 2.28 bits per heavy atom. The largest absolute Gasteiger partial charge is 0.344 e. The molecule has 0 aromatic heterocycles. The van der Waals surface area contributed by atoms with Crippen molar-refractivity contribution < 1.29 is 9.59 Å². The molecule has 1 aliphatic heterocycles. The van der Waals surface area contributed by atoms with Gasteiger partial charge in [-0.15, -0.1) is 0 Å². The normalized spacial score (nSPS) is 19.2. The molecule has 4 nitrogen and oxygen atoms in total. The number of nitrogens with zero attached hydrogens (tertiary/aromatic N) is 1. The minimum atomic E-state index is -0.447. The monoisotopic (exact) mass is 330 g/mol. The fraction of sp³-hybridized carbons (Fsp3) is 0.333. The lowest BCUT2D eigenvalue weighted by Crippen LogP contribution is -2.40. The second-order valence-corrected chi connectivity index (χ2v) is 5.52. The van der Waals surface area contributed by atoms with E-state index in [1.54, 1.807) is 30.1 Å². The molecule has 0 saturated carbocycles. The number of hydrogen-bond donors (Lipinski definition) is 1. The zero-order valence-corrected chi connectivity index (χ0v) is 12.1. The Morgan fingerprint density at radius 1 is 1.56 bits per heavy atom. The molecule has 6 heteroatoms. The molecule has 1 saturated heterocycles. The van der Waals surface area contributed by atoms with Gasteiger partial charge in [0.15, 0.2) is 0 Å². The third kappa shape index (κ3) is 2.67. The van der Waals surface area contributed by atoms with Gasteiger partial charge in [0.05, 0.1) is 10.6 Å². The molecule has 1 aliphatic rings. The molecule has 2 amide bonds. The van der Waals surface area contributed by atoms with Crippen LogP contribution in [0.4, 0.5) is 0 Å².